The number of aliphatic hydroxyl groups is 1. The molecule has 5 heteroatoms. The van der Waals surface area contributed by atoms with E-state index < -0.39 is 11.0 Å². The van der Waals surface area contributed by atoms with E-state index in [2.05, 4.69) is 10.3 Å². The van der Waals surface area contributed by atoms with Crippen molar-refractivity contribution in [3.63, 3.8) is 0 Å². The maximum absolute atomic E-state index is 13.9. The number of aromatic nitrogens is 1. The molecule has 2 N–H and O–H groups in total. The fourth-order valence-corrected chi connectivity index (χ4v) is 5.63. The molecule has 4 nitrogen and oxygen atoms in total. The average Bonchev–Trinajstić information content (AvgIpc) is 3.15. The molecule has 1 heterocycles. The lowest BCUT2D eigenvalue weighted by molar-refractivity contribution is -0.148. The molecule has 4 atom stereocenters. The highest BCUT2D eigenvalue weighted by molar-refractivity contribution is 5.84. The molecule has 0 bridgehead atoms. The Morgan fingerprint density at radius 1 is 1.13 bits per heavy atom. The fourth-order valence-electron chi connectivity index (χ4n) is 5.63. The SMILES string of the molecule is CC(C)(C)NC(=O)C(C)(C)C1(O)C[C@H]2C[C@@H](c3ccnc4ccc(F)cc34)C[C@H]2C1. The Morgan fingerprint density at radius 2 is 1.77 bits per heavy atom. The first-order chi connectivity index (χ1) is 13.9. The van der Waals surface area contributed by atoms with Gasteiger partial charge in [-0.3, -0.25) is 9.78 Å². The van der Waals surface area contributed by atoms with Crippen molar-refractivity contribution in [2.24, 2.45) is 17.3 Å². The van der Waals surface area contributed by atoms with Crippen LogP contribution in [0.2, 0.25) is 0 Å². The van der Waals surface area contributed by atoms with Crippen LogP contribution in [0.15, 0.2) is 30.5 Å². The zero-order valence-electron chi connectivity index (χ0n) is 18.6. The van der Waals surface area contributed by atoms with E-state index >= 15 is 0 Å². The van der Waals surface area contributed by atoms with Gasteiger partial charge in [-0.1, -0.05) is 0 Å². The van der Waals surface area contributed by atoms with Gasteiger partial charge in [0, 0.05) is 17.1 Å². The monoisotopic (exact) mass is 412 g/mol. The van der Waals surface area contributed by atoms with E-state index in [0.29, 0.717) is 30.6 Å². The van der Waals surface area contributed by atoms with Crippen LogP contribution in [0.5, 0.6) is 0 Å². The lowest BCUT2D eigenvalue weighted by Crippen LogP contribution is -2.56. The molecule has 2 fully saturated rings. The summed E-state index contributed by atoms with van der Waals surface area (Å²) in [4.78, 5) is 17.3. The quantitative estimate of drug-likeness (QED) is 0.750. The van der Waals surface area contributed by atoms with Crippen LogP contribution in [0.25, 0.3) is 10.9 Å². The molecule has 0 saturated heterocycles. The summed E-state index contributed by atoms with van der Waals surface area (Å²) in [6, 6.07) is 6.79. The number of benzene rings is 1. The zero-order chi connectivity index (χ0) is 21.9. The molecule has 1 amide bonds. The minimum absolute atomic E-state index is 0.0929. The first-order valence-corrected chi connectivity index (χ1v) is 11.0. The third-order valence-corrected chi connectivity index (χ3v) is 7.44. The van der Waals surface area contributed by atoms with E-state index in [1.807, 2.05) is 40.7 Å². The molecule has 0 spiro atoms. The summed E-state index contributed by atoms with van der Waals surface area (Å²) in [6.07, 6.45) is 4.99. The molecule has 2 aliphatic carbocycles. The van der Waals surface area contributed by atoms with Crippen molar-refractivity contribution in [3.05, 3.63) is 41.8 Å². The molecule has 4 rings (SSSR count). The van der Waals surface area contributed by atoms with E-state index in [1.54, 1.807) is 18.3 Å². The highest BCUT2D eigenvalue weighted by Crippen LogP contribution is 2.58. The molecule has 2 aromatic rings. The second-order valence-corrected chi connectivity index (χ2v) is 11.0. The highest BCUT2D eigenvalue weighted by atomic mass is 19.1. The van der Waals surface area contributed by atoms with E-state index in [9.17, 15) is 14.3 Å². The summed E-state index contributed by atoms with van der Waals surface area (Å²) < 4.78 is 13.9. The highest BCUT2D eigenvalue weighted by Gasteiger charge is 2.58. The van der Waals surface area contributed by atoms with E-state index in [-0.39, 0.29) is 17.3 Å². The predicted octanol–water partition coefficient (Wildman–Crippen LogP) is 4.95. The third-order valence-electron chi connectivity index (χ3n) is 7.44. The van der Waals surface area contributed by atoms with Gasteiger partial charge in [0.15, 0.2) is 0 Å². The van der Waals surface area contributed by atoms with Crippen molar-refractivity contribution in [1.29, 1.82) is 0 Å². The molecule has 1 aromatic carbocycles. The van der Waals surface area contributed by atoms with Gasteiger partial charge in [0.25, 0.3) is 0 Å². The van der Waals surface area contributed by atoms with E-state index in [0.717, 1.165) is 29.3 Å². The summed E-state index contributed by atoms with van der Waals surface area (Å²) in [7, 11) is 0. The maximum atomic E-state index is 13.9. The number of nitrogens with zero attached hydrogens (tertiary/aromatic N) is 1. The van der Waals surface area contributed by atoms with Crippen LogP contribution in [0.1, 0.15) is 71.8 Å². The lowest BCUT2D eigenvalue weighted by Gasteiger charge is -2.41. The van der Waals surface area contributed by atoms with Crippen LogP contribution in [-0.2, 0) is 4.79 Å². The van der Waals surface area contributed by atoms with Crippen LogP contribution in [0, 0.1) is 23.1 Å². The van der Waals surface area contributed by atoms with Gasteiger partial charge in [0.2, 0.25) is 5.91 Å². The zero-order valence-corrected chi connectivity index (χ0v) is 18.6. The van der Waals surface area contributed by atoms with Crippen molar-refractivity contribution in [3.8, 4) is 0 Å². The van der Waals surface area contributed by atoms with Gasteiger partial charge >= 0.3 is 0 Å². The summed E-state index contributed by atoms with van der Waals surface area (Å²) in [5, 5.41) is 15.5. The Hall–Kier alpha value is -2.01. The van der Waals surface area contributed by atoms with E-state index in [4.69, 9.17) is 0 Å². The number of amides is 1. The second kappa shape index (κ2) is 7.01. The van der Waals surface area contributed by atoms with Crippen LogP contribution in [0.3, 0.4) is 0 Å². The van der Waals surface area contributed by atoms with E-state index in [1.165, 1.54) is 6.07 Å². The molecule has 0 radical (unpaired) electrons. The van der Waals surface area contributed by atoms with Crippen LogP contribution < -0.4 is 5.32 Å². The molecular formula is C25H33FN2O2. The Balaban J connectivity index is 1.53. The van der Waals surface area contributed by atoms with Crippen molar-refractivity contribution in [2.45, 2.75) is 77.4 Å². The summed E-state index contributed by atoms with van der Waals surface area (Å²) in [5.41, 5.74) is -0.214. The second-order valence-electron chi connectivity index (χ2n) is 11.0. The number of carbonyl (C=O) groups excluding carboxylic acids is 1. The number of fused-ring (bicyclic) bond motifs is 2. The smallest absolute Gasteiger partial charge is 0.228 e. The summed E-state index contributed by atoms with van der Waals surface area (Å²) >= 11 is 0. The molecule has 162 valence electrons. The molecule has 2 aliphatic rings. The number of hydrogen-bond donors (Lipinski definition) is 2. The predicted molar refractivity (Wildman–Crippen MR) is 117 cm³/mol. The average molecular weight is 413 g/mol. The summed E-state index contributed by atoms with van der Waals surface area (Å²) in [6.45, 7) is 9.61. The largest absolute Gasteiger partial charge is 0.389 e. The molecule has 30 heavy (non-hydrogen) atoms. The van der Waals surface area contributed by atoms with Crippen LogP contribution >= 0.6 is 0 Å². The van der Waals surface area contributed by atoms with Crippen LogP contribution in [0.4, 0.5) is 4.39 Å². The van der Waals surface area contributed by atoms with Gasteiger partial charge in [0.05, 0.1) is 16.5 Å². The van der Waals surface area contributed by atoms with Crippen molar-refractivity contribution in [2.75, 3.05) is 0 Å². The number of halogens is 1. The van der Waals surface area contributed by atoms with Gasteiger partial charge in [0.1, 0.15) is 5.82 Å². The lowest BCUT2D eigenvalue weighted by atomic mass is 9.71. The Bertz CT molecular complexity index is 965. The van der Waals surface area contributed by atoms with Gasteiger partial charge in [-0.2, -0.15) is 0 Å². The molecular weight excluding hydrogens is 379 g/mol. The standard InChI is InChI=1S/C25H33FN2O2/c1-23(2,3)28-22(29)24(4,5)25(30)13-16-10-15(11-17(16)14-25)19-8-9-27-21-7-6-18(26)12-20(19)21/h6-9,12,15-17,30H,10-11,13-14H2,1-5H3,(H,28,29)/t15-,16-,17+,25?. The van der Waals surface area contributed by atoms with Crippen molar-refractivity contribution in [1.82, 2.24) is 10.3 Å². The molecule has 2 saturated carbocycles. The van der Waals surface area contributed by atoms with Crippen molar-refractivity contribution >= 4 is 16.8 Å². The topological polar surface area (TPSA) is 62.2 Å². The number of carbonyl (C=O) groups is 1. The number of nitrogens with one attached hydrogen (secondary N) is 1. The normalized spacial score (nSPS) is 29.2. The van der Waals surface area contributed by atoms with Gasteiger partial charge in [-0.15, -0.1) is 0 Å². The molecule has 1 unspecified atom stereocenters. The Kier molecular flexibility index (Phi) is 4.96. The Labute approximate surface area is 178 Å². The number of rotatable bonds is 3. The first-order valence-electron chi connectivity index (χ1n) is 11.0. The molecule has 0 aliphatic heterocycles. The number of hydrogen-bond acceptors (Lipinski definition) is 3. The van der Waals surface area contributed by atoms with Crippen molar-refractivity contribution < 1.29 is 14.3 Å². The summed E-state index contributed by atoms with van der Waals surface area (Å²) in [5.74, 6) is 0.751. The Morgan fingerprint density at radius 3 is 2.37 bits per heavy atom. The van der Waals surface area contributed by atoms with Gasteiger partial charge < -0.3 is 10.4 Å². The first kappa shape index (κ1) is 21.2. The minimum Gasteiger partial charge on any atom is -0.389 e. The number of pyridine rings is 1. The van der Waals surface area contributed by atoms with Crippen LogP contribution in [-0.4, -0.2) is 27.1 Å². The van der Waals surface area contributed by atoms with Gasteiger partial charge in [-0.05, 0) is 108 Å². The maximum Gasteiger partial charge on any atom is 0.228 e. The molecule has 1 aromatic heterocycles. The fraction of sp³-hybridized carbons (Fsp3) is 0.600. The minimum atomic E-state index is -1.00. The third kappa shape index (κ3) is 3.62. The van der Waals surface area contributed by atoms with Gasteiger partial charge in [-0.25, -0.2) is 4.39 Å².